The first-order valence-electron chi connectivity index (χ1n) is 6.85. The van der Waals surface area contributed by atoms with Gasteiger partial charge in [0.05, 0.1) is 6.54 Å². The lowest BCUT2D eigenvalue weighted by molar-refractivity contribution is -0.118. The molecule has 22 heavy (non-hydrogen) atoms. The molecule has 2 aromatic carbocycles. The van der Waals surface area contributed by atoms with Crippen LogP contribution in [0.2, 0.25) is 0 Å². The molecule has 0 saturated heterocycles. The average molecular weight is 297 g/mol. The van der Waals surface area contributed by atoms with E-state index in [9.17, 15) is 9.90 Å². The van der Waals surface area contributed by atoms with Crippen molar-refractivity contribution in [3.05, 3.63) is 59.9 Å². The fraction of sp³-hybridized carbons (Fsp3) is 0.118. The minimum atomic E-state index is -0.162. The van der Waals surface area contributed by atoms with Crippen LogP contribution in [0.3, 0.4) is 0 Å². The van der Waals surface area contributed by atoms with Crippen LogP contribution in [0, 0.1) is 0 Å². The summed E-state index contributed by atoms with van der Waals surface area (Å²) < 4.78 is 11.7. The van der Waals surface area contributed by atoms with Crippen LogP contribution in [0.5, 0.6) is 17.2 Å². The van der Waals surface area contributed by atoms with Gasteiger partial charge in [-0.05, 0) is 12.1 Å². The van der Waals surface area contributed by atoms with Crippen LogP contribution in [0.25, 0.3) is 5.76 Å². The van der Waals surface area contributed by atoms with Crippen LogP contribution in [-0.4, -0.2) is 17.6 Å². The van der Waals surface area contributed by atoms with Gasteiger partial charge in [-0.25, -0.2) is 0 Å². The average Bonchev–Trinajstić information content (AvgIpc) is 2.52. The summed E-state index contributed by atoms with van der Waals surface area (Å²) in [5.74, 6) is 1.89. The number of carbonyl (C=O) groups excluding carboxylic acids is 1. The lowest BCUT2D eigenvalue weighted by atomic mass is 10.1. The third-order valence-electron chi connectivity index (χ3n) is 3.16. The van der Waals surface area contributed by atoms with Gasteiger partial charge in [-0.15, -0.1) is 0 Å². The third kappa shape index (κ3) is 2.88. The number of fused-ring (bicyclic) bond motifs is 1. The Morgan fingerprint density at radius 1 is 1.09 bits per heavy atom. The molecular formula is C17H15NO4. The predicted molar refractivity (Wildman–Crippen MR) is 81.4 cm³/mol. The van der Waals surface area contributed by atoms with E-state index in [1.54, 1.807) is 6.07 Å². The van der Waals surface area contributed by atoms with Crippen LogP contribution in [0.1, 0.15) is 12.5 Å². The molecule has 0 aromatic heterocycles. The van der Waals surface area contributed by atoms with Gasteiger partial charge in [0, 0.05) is 18.6 Å². The van der Waals surface area contributed by atoms with Crippen LogP contribution in [-0.2, 0) is 4.79 Å². The number of amides is 1. The van der Waals surface area contributed by atoms with E-state index in [4.69, 9.17) is 9.47 Å². The van der Waals surface area contributed by atoms with Crippen molar-refractivity contribution in [3.8, 4) is 17.2 Å². The van der Waals surface area contributed by atoms with Gasteiger partial charge in [0.2, 0.25) is 5.91 Å². The zero-order valence-electron chi connectivity index (χ0n) is 12.0. The summed E-state index contributed by atoms with van der Waals surface area (Å²) in [4.78, 5) is 11.2. The number of ether oxygens (including phenoxy) is 2. The number of hydrogen-bond acceptors (Lipinski definition) is 4. The molecule has 5 heteroatoms. The molecule has 0 radical (unpaired) electrons. The van der Waals surface area contributed by atoms with Crippen LogP contribution < -0.4 is 14.8 Å². The SMILES string of the molecule is CC(=O)NCC1=C(c2ccccc2)Oc2ccc(O)cc2O1. The summed E-state index contributed by atoms with van der Waals surface area (Å²) in [6, 6.07) is 14.2. The van der Waals surface area contributed by atoms with E-state index in [1.165, 1.54) is 19.1 Å². The van der Waals surface area contributed by atoms with Crippen molar-refractivity contribution >= 4 is 11.7 Å². The standard InChI is InChI=1S/C17H15NO4/c1-11(19)18-10-16-17(12-5-3-2-4-6-12)22-14-8-7-13(20)9-15(14)21-16/h2-9,20H,10H2,1H3,(H,18,19). The molecule has 1 amide bonds. The van der Waals surface area contributed by atoms with Crippen molar-refractivity contribution < 1.29 is 19.4 Å². The van der Waals surface area contributed by atoms with Gasteiger partial charge in [-0.2, -0.15) is 0 Å². The Balaban J connectivity index is 2.00. The number of nitrogens with one attached hydrogen (secondary N) is 1. The van der Waals surface area contributed by atoms with Crippen LogP contribution in [0.4, 0.5) is 0 Å². The fourth-order valence-electron chi connectivity index (χ4n) is 2.14. The molecule has 1 aliphatic rings. The zero-order chi connectivity index (χ0) is 15.5. The maximum atomic E-state index is 11.2. The highest BCUT2D eigenvalue weighted by Gasteiger charge is 2.23. The molecule has 0 unspecified atom stereocenters. The van der Waals surface area contributed by atoms with E-state index in [0.717, 1.165) is 5.56 Å². The zero-order valence-corrected chi connectivity index (χ0v) is 12.0. The number of phenols is 1. The Bertz CT molecular complexity index is 738. The van der Waals surface area contributed by atoms with E-state index in [0.29, 0.717) is 23.0 Å². The van der Waals surface area contributed by atoms with Crippen LogP contribution >= 0.6 is 0 Å². The normalized spacial score (nSPS) is 13.0. The van der Waals surface area contributed by atoms with Crippen molar-refractivity contribution in [3.63, 3.8) is 0 Å². The van der Waals surface area contributed by atoms with E-state index >= 15 is 0 Å². The summed E-state index contributed by atoms with van der Waals surface area (Å²) in [7, 11) is 0. The van der Waals surface area contributed by atoms with Gasteiger partial charge in [-0.1, -0.05) is 30.3 Å². The van der Waals surface area contributed by atoms with Gasteiger partial charge in [0.15, 0.2) is 23.0 Å². The van der Waals surface area contributed by atoms with Crippen molar-refractivity contribution in [1.29, 1.82) is 0 Å². The molecule has 1 heterocycles. The molecule has 1 aliphatic heterocycles. The number of phenolic OH excluding ortho intramolecular Hbond substituents is 1. The maximum absolute atomic E-state index is 11.2. The summed E-state index contributed by atoms with van der Waals surface area (Å²) in [5.41, 5.74) is 0.849. The highest BCUT2D eigenvalue weighted by atomic mass is 16.6. The Hall–Kier alpha value is -2.95. The molecule has 0 spiro atoms. The van der Waals surface area contributed by atoms with Crippen molar-refractivity contribution in [2.45, 2.75) is 6.92 Å². The molecule has 0 aliphatic carbocycles. The van der Waals surface area contributed by atoms with E-state index in [2.05, 4.69) is 5.32 Å². The number of carbonyl (C=O) groups is 1. The lowest BCUT2D eigenvalue weighted by Crippen LogP contribution is -2.27. The Morgan fingerprint density at radius 3 is 2.59 bits per heavy atom. The molecule has 0 fully saturated rings. The van der Waals surface area contributed by atoms with E-state index < -0.39 is 0 Å². The molecule has 0 bridgehead atoms. The number of aromatic hydroxyl groups is 1. The summed E-state index contributed by atoms with van der Waals surface area (Å²) >= 11 is 0. The quantitative estimate of drug-likeness (QED) is 0.914. The second-order valence-corrected chi connectivity index (χ2v) is 4.86. The minimum Gasteiger partial charge on any atom is -0.508 e. The van der Waals surface area contributed by atoms with Crippen LogP contribution in [0.15, 0.2) is 54.3 Å². The number of benzene rings is 2. The number of rotatable bonds is 3. The first kappa shape index (κ1) is 14.0. The molecule has 5 nitrogen and oxygen atoms in total. The van der Waals surface area contributed by atoms with Gasteiger partial charge in [0.25, 0.3) is 0 Å². The van der Waals surface area contributed by atoms with Gasteiger partial charge < -0.3 is 19.9 Å². The first-order valence-corrected chi connectivity index (χ1v) is 6.85. The smallest absolute Gasteiger partial charge is 0.217 e. The Kier molecular flexibility index (Phi) is 3.70. The van der Waals surface area contributed by atoms with E-state index in [-0.39, 0.29) is 18.2 Å². The predicted octanol–water partition coefficient (Wildman–Crippen LogP) is 2.67. The molecule has 112 valence electrons. The van der Waals surface area contributed by atoms with E-state index in [1.807, 2.05) is 30.3 Å². The molecular weight excluding hydrogens is 282 g/mol. The third-order valence-corrected chi connectivity index (χ3v) is 3.16. The van der Waals surface area contributed by atoms with Gasteiger partial charge in [0.1, 0.15) is 5.75 Å². The summed E-state index contributed by atoms with van der Waals surface area (Å²) in [6.07, 6.45) is 0. The lowest BCUT2D eigenvalue weighted by Gasteiger charge is -2.24. The minimum absolute atomic E-state index is 0.0874. The highest BCUT2D eigenvalue weighted by molar-refractivity contribution is 5.74. The van der Waals surface area contributed by atoms with Gasteiger partial charge in [-0.3, -0.25) is 4.79 Å². The molecule has 2 aromatic rings. The summed E-state index contributed by atoms with van der Waals surface area (Å²) in [5, 5.41) is 12.3. The van der Waals surface area contributed by atoms with Crippen molar-refractivity contribution in [2.24, 2.45) is 0 Å². The Labute approximate surface area is 127 Å². The highest BCUT2D eigenvalue weighted by Crippen LogP contribution is 2.40. The molecule has 0 atom stereocenters. The molecule has 0 saturated carbocycles. The topological polar surface area (TPSA) is 67.8 Å². The second kappa shape index (κ2) is 5.81. The Morgan fingerprint density at radius 2 is 1.86 bits per heavy atom. The number of hydrogen-bond donors (Lipinski definition) is 2. The fourth-order valence-corrected chi connectivity index (χ4v) is 2.14. The maximum Gasteiger partial charge on any atom is 0.217 e. The second-order valence-electron chi connectivity index (χ2n) is 4.86. The molecule has 2 N–H and O–H groups in total. The van der Waals surface area contributed by atoms with Crippen molar-refractivity contribution in [2.75, 3.05) is 6.54 Å². The van der Waals surface area contributed by atoms with Crippen molar-refractivity contribution in [1.82, 2.24) is 5.32 Å². The first-order chi connectivity index (χ1) is 10.6. The summed E-state index contributed by atoms with van der Waals surface area (Å²) in [6.45, 7) is 1.64. The largest absolute Gasteiger partial charge is 0.508 e. The monoisotopic (exact) mass is 297 g/mol. The molecule has 3 rings (SSSR count). The van der Waals surface area contributed by atoms with Gasteiger partial charge >= 0.3 is 0 Å².